The van der Waals surface area contributed by atoms with Crippen molar-refractivity contribution >= 4 is 23.6 Å². The summed E-state index contributed by atoms with van der Waals surface area (Å²) in [7, 11) is 1.49. The van der Waals surface area contributed by atoms with Crippen LogP contribution >= 0.6 is 11.8 Å². The van der Waals surface area contributed by atoms with Crippen molar-refractivity contribution in [1.82, 2.24) is 10.2 Å². The summed E-state index contributed by atoms with van der Waals surface area (Å²) in [5, 5.41) is 1.89. The number of thioether (sulfide) groups is 1. The topological polar surface area (TPSA) is 75.4 Å². The van der Waals surface area contributed by atoms with Crippen molar-refractivity contribution in [2.24, 2.45) is 5.73 Å². The van der Waals surface area contributed by atoms with Gasteiger partial charge in [-0.2, -0.15) is 0 Å². The first kappa shape index (κ1) is 18.6. The van der Waals surface area contributed by atoms with Crippen LogP contribution in [0.2, 0.25) is 0 Å². The van der Waals surface area contributed by atoms with Crippen LogP contribution in [0.1, 0.15) is 12.0 Å². The molecule has 1 aliphatic rings. The van der Waals surface area contributed by atoms with Crippen molar-refractivity contribution in [2.75, 3.05) is 19.3 Å². The minimum Gasteiger partial charge on any atom is -0.357 e. The Kier molecular flexibility index (Phi) is 6.11. The van der Waals surface area contributed by atoms with E-state index in [-0.39, 0.29) is 30.2 Å². The highest BCUT2D eigenvalue weighted by atomic mass is 32.2. The van der Waals surface area contributed by atoms with Crippen molar-refractivity contribution < 1.29 is 22.8 Å². The molecule has 2 rings (SSSR count). The van der Waals surface area contributed by atoms with Crippen molar-refractivity contribution in [3.05, 3.63) is 35.1 Å². The number of nitrogens with zero attached hydrogens (tertiary/aromatic N) is 1. The number of rotatable bonds is 5. The van der Waals surface area contributed by atoms with E-state index in [1.165, 1.54) is 23.7 Å². The number of carbonyl (C=O) groups excluding carboxylic acids is 2. The number of likely N-dealkylation sites (N-methyl/N-ethyl adjacent to an activating group) is 1. The molecule has 3 N–H and O–H groups in total. The molecular formula is C15H18F3N3O2S. The van der Waals surface area contributed by atoms with E-state index in [4.69, 9.17) is 5.73 Å². The molecule has 0 saturated carbocycles. The van der Waals surface area contributed by atoms with E-state index in [2.05, 4.69) is 5.32 Å². The van der Waals surface area contributed by atoms with Gasteiger partial charge in [-0.3, -0.25) is 9.59 Å². The van der Waals surface area contributed by atoms with Gasteiger partial charge in [-0.15, -0.1) is 11.8 Å². The van der Waals surface area contributed by atoms with Gasteiger partial charge in [-0.05, 0) is 18.1 Å². The zero-order valence-electron chi connectivity index (χ0n) is 13.0. The molecule has 5 nitrogen and oxygen atoms in total. The van der Waals surface area contributed by atoms with Crippen LogP contribution in [0.3, 0.4) is 0 Å². The molecule has 1 aromatic rings. The number of nitrogens with two attached hydrogens (primary N) is 1. The first-order valence-corrected chi connectivity index (χ1v) is 8.40. The molecule has 1 aliphatic heterocycles. The van der Waals surface area contributed by atoms with Crippen molar-refractivity contribution in [2.45, 2.75) is 24.3 Å². The molecule has 0 spiro atoms. The maximum absolute atomic E-state index is 13.6. The molecule has 2 amide bonds. The Morgan fingerprint density at radius 2 is 2.00 bits per heavy atom. The number of amides is 2. The molecule has 0 bridgehead atoms. The van der Waals surface area contributed by atoms with E-state index < -0.39 is 28.9 Å². The molecule has 1 unspecified atom stereocenters. The van der Waals surface area contributed by atoms with Crippen LogP contribution in [0.15, 0.2) is 12.1 Å². The Hall–Kier alpha value is -1.74. The highest BCUT2D eigenvalue weighted by Gasteiger charge is 2.34. The standard InChI is InChI=1S/C15H18F3N3O2S/c1-20-14(23)15-21(2-3-24-15)13(22)6-9(19)4-8-5-11(17)12(18)7-10(8)16/h5,7,9,15H,2-4,6,19H2,1H3,(H,20,23)/t9-,15?/m1/s1. The van der Waals surface area contributed by atoms with Gasteiger partial charge in [-0.25, -0.2) is 13.2 Å². The van der Waals surface area contributed by atoms with Crippen LogP contribution in [0.5, 0.6) is 0 Å². The maximum Gasteiger partial charge on any atom is 0.253 e. The predicted octanol–water partition coefficient (Wildman–Crippen LogP) is 1.01. The highest BCUT2D eigenvalue weighted by molar-refractivity contribution is 8.00. The summed E-state index contributed by atoms with van der Waals surface area (Å²) in [4.78, 5) is 25.5. The molecule has 2 atom stereocenters. The van der Waals surface area contributed by atoms with E-state index in [0.29, 0.717) is 18.4 Å². The lowest BCUT2D eigenvalue weighted by molar-refractivity contribution is -0.136. The molecule has 1 heterocycles. The Morgan fingerprint density at radius 3 is 2.67 bits per heavy atom. The van der Waals surface area contributed by atoms with Crippen LogP contribution in [-0.4, -0.2) is 47.5 Å². The third-order valence-electron chi connectivity index (χ3n) is 3.69. The van der Waals surface area contributed by atoms with Gasteiger partial charge in [0.15, 0.2) is 17.0 Å². The van der Waals surface area contributed by atoms with Gasteiger partial charge in [0.2, 0.25) is 5.91 Å². The molecule has 1 saturated heterocycles. The highest BCUT2D eigenvalue weighted by Crippen LogP contribution is 2.25. The summed E-state index contributed by atoms with van der Waals surface area (Å²) in [5.74, 6) is -3.31. The summed E-state index contributed by atoms with van der Waals surface area (Å²) in [6, 6.07) is 0.430. The van der Waals surface area contributed by atoms with Gasteiger partial charge in [-0.1, -0.05) is 0 Å². The minimum absolute atomic E-state index is 0.0900. The molecule has 1 fully saturated rings. The molecule has 132 valence electrons. The number of halogens is 3. The van der Waals surface area contributed by atoms with Crippen LogP contribution in [-0.2, 0) is 16.0 Å². The maximum atomic E-state index is 13.6. The third kappa shape index (κ3) is 4.21. The second-order valence-electron chi connectivity index (χ2n) is 5.45. The van der Waals surface area contributed by atoms with E-state index in [1.54, 1.807) is 0 Å². The fraction of sp³-hybridized carbons (Fsp3) is 0.467. The molecular weight excluding hydrogens is 343 g/mol. The fourth-order valence-corrected chi connectivity index (χ4v) is 3.68. The van der Waals surface area contributed by atoms with Crippen molar-refractivity contribution in [3.63, 3.8) is 0 Å². The summed E-state index contributed by atoms with van der Waals surface area (Å²) in [6.45, 7) is 0.424. The van der Waals surface area contributed by atoms with Gasteiger partial charge in [0.1, 0.15) is 5.82 Å². The Labute approximate surface area is 141 Å². The summed E-state index contributed by atoms with van der Waals surface area (Å²) < 4.78 is 39.7. The van der Waals surface area contributed by atoms with E-state index in [0.717, 1.165) is 6.07 Å². The van der Waals surface area contributed by atoms with Gasteiger partial charge in [0.25, 0.3) is 5.91 Å². The number of carbonyl (C=O) groups is 2. The second-order valence-corrected chi connectivity index (χ2v) is 6.64. The largest absolute Gasteiger partial charge is 0.357 e. The smallest absolute Gasteiger partial charge is 0.253 e. The van der Waals surface area contributed by atoms with Crippen LogP contribution in [0.25, 0.3) is 0 Å². The van der Waals surface area contributed by atoms with E-state index >= 15 is 0 Å². The number of nitrogens with one attached hydrogen (secondary N) is 1. The van der Waals surface area contributed by atoms with Crippen LogP contribution in [0, 0.1) is 17.5 Å². The molecule has 0 aliphatic carbocycles. The normalized spacial score (nSPS) is 18.5. The third-order valence-corrected chi connectivity index (χ3v) is 4.89. The molecule has 9 heteroatoms. The molecule has 1 aromatic carbocycles. The first-order chi connectivity index (χ1) is 11.3. The number of benzene rings is 1. The summed E-state index contributed by atoms with van der Waals surface area (Å²) in [6.07, 6.45) is -0.229. The first-order valence-electron chi connectivity index (χ1n) is 7.35. The lowest BCUT2D eigenvalue weighted by Gasteiger charge is -2.24. The average molecular weight is 361 g/mol. The number of hydrogen-bond donors (Lipinski definition) is 2. The Balaban J connectivity index is 1.99. The van der Waals surface area contributed by atoms with Gasteiger partial charge in [0.05, 0.1) is 0 Å². The lowest BCUT2D eigenvalue weighted by Crippen LogP contribution is -2.45. The summed E-state index contributed by atoms with van der Waals surface area (Å²) >= 11 is 1.35. The fourth-order valence-electron chi connectivity index (χ4n) is 2.48. The SMILES string of the molecule is CNC(=O)C1SCCN1C(=O)C[C@H](N)Cc1cc(F)c(F)cc1F. The zero-order valence-corrected chi connectivity index (χ0v) is 13.8. The molecule has 0 radical (unpaired) electrons. The van der Waals surface area contributed by atoms with Gasteiger partial charge in [0, 0.05) is 37.9 Å². The van der Waals surface area contributed by atoms with Crippen molar-refractivity contribution in [1.29, 1.82) is 0 Å². The quantitative estimate of drug-likeness (QED) is 0.768. The van der Waals surface area contributed by atoms with Crippen LogP contribution < -0.4 is 11.1 Å². The Morgan fingerprint density at radius 1 is 1.33 bits per heavy atom. The predicted molar refractivity (Wildman–Crippen MR) is 84.6 cm³/mol. The van der Waals surface area contributed by atoms with Gasteiger partial charge < -0.3 is 16.0 Å². The van der Waals surface area contributed by atoms with Crippen molar-refractivity contribution in [3.8, 4) is 0 Å². The lowest BCUT2D eigenvalue weighted by atomic mass is 10.0. The van der Waals surface area contributed by atoms with Gasteiger partial charge >= 0.3 is 0 Å². The summed E-state index contributed by atoms with van der Waals surface area (Å²) in [5.41, 5.74) is 5.76. The Bertz CT molecular complexity index is 645. The average Bonchev–Trinajstić information content (AvgIpc) is 3.01. The molecule has 0 aromatic heterocycles. The molecule has 24 heavy (non-hydrogen) atoms. The van der Waals surface area contributed by atoms with E-state index in [1.807, 2.05) is 0 Å². The van der Waals surface area contributed by atoms with E-state index in [9.17, 15) is 22.8 Å². The minimum atomic E-state index is -1.27. The second kappa shape index (κ2) is 7.89. The zero-order chi connectivity index (χ0) is 17.9. The van der Waals surface area contributed by atoms with Crippen LogP contribution in [0.4, 0.5) is 13.2 Å². The number of hydrogen-bond acceptors (Lipinski definition) is 4. The monoisotopic (exact) mass is 361 g/mol.